The molecule has 0 saturated carbocycles. The topological polar surface area (TPSA) is 64.8 Å². The number of unbranched alkanes of at least 4 members (excludes halogenated alkanes) is 4. The van der Waals surface area contributed by atoms with Crippen LogP contribution in [0.15, 0.2) is 6.20 Å². The minimum Gasteiger partial charge on any atom is -0.300 e. The Bertz CT molecular complexity index is 718. The molecule has 5 nitrogen and oxygen atoms in total. The molecule has 1 aromatic rings. The van der Waals surface area contributed by atoms with Crippen molar-refractivity contribution in [3.8, 4) is 0 Å². The molecule has 0 fully saturated rings. The number of ketones is 2. The zero-order valence-electron chi connectivity index (χ0n) is 25.3. The summed E-state index contributed by atoms with van der Waals surface area (Å²) in [5.41, 5.74) is 1.61. The Morgan fingerprint density at radius 1 is 0.657 bits per heavy atom. The van der Waals surface area contributed by atoms with Gasteiger partial charge in [-0.15, -0.1) is 5.10 Å². The van der Waals surface area contributed by atoms with Gasteiger partial charge in [-0.2, -0.15) is 0 Å². The molecule has 0 aromatic carbocycles. The van der Waals surface area contributed by atoms with Crippen LogP contribution >= 0.6 is 0 Å². The van der Waals surface area contributed by atoms with Crippen molar-refractivity contribution in [2.24, 2.45) is 16.2 Å². The molecule has 1 aromatic heterocycles. The van der Waals surface area contributed by atoms with Crippen molar-refractivity contribution in [1.29, 1.82) is 0 Å². The summed E-state index contributed by atoms with van der Waals surface area (Å²) in [6.45, 7) is 25.7. The SMILES string of the molecule is CC(C)(C)CC(=O)CCCCCCCC(=O)CC(C)(C)C.CC(C)(C)Cc1cn(C(C)(C)C)nn1. The van der Waals surface area contributed by atoms with Gasteiger partial charge < -0.3 is 0 Å². The van der Waals surface area contributed by atoms with Crippen LogP contribution in [-0.4, -0.2) is 26.6 Å². The van der Waals surface area contributed by atoms with Gasteiger partial charge in [-0.1, -0.05) is 86.8 Å². The molecule has 0 unspecified atom stereocenters. The van der Waals surface area contributed by atoms with E-state index in [-0.39, 0.29) is 21.8 Å². The number of carbonyl (C=O) groups is 2. The first-order valence-corrected chi connectivity index (χ1v) is 13.6. The molecule has 0 amide bonds. The molecule has 1 rings (SSSR count). The number of rotatable bonds is 11. The molecule has 0 aliphatic heterocycles. The average molecular weight is 492 g/mol. The van der Waals surface area contributed by atoms with Crippen molar-refractivity contribution >= 4 is 11.6 Å². The summed E-state index contributed by atoms with van der Waals surface area (Å²) in [4.78, 5) is 23.5. The highest BCUT2D eigenvalue weighted by Crippen LogP contribution is 2.22. The van der Waals surface area contributed by atoms with Gasteiger partial charge in [0.2, 0.25) is 0 Å². The van der Waals surface area contributed by atoms with Gasteiger partial charge >= 0.3 is 0 Å². The third kappa shape index (κ3) is 20.4. The van der Waals surface area contributed by atoms with E-state index in [0.717, 1.165) is 57.1 Å². The van der Waals surface area contributed by atoms with Gasteiger partial charge in [-0.3, -0.25) is 9.59 Å². The lowest BCUT2D eigenvalue weighted by Gasteiger charge is -2.18. The van der Waals surface area contributed by atoms with Crippen molar-refractivity contribution in [1.82, 2.24) is 15.0 Å². The summed E-state index contributed by atoms with van der Waals surface area (Å²) in [5.74, 6) is 0.783. The molecule has 35 heavy (non-hydrogen) atoms. The average Bonchev–Trinajstić information content (AvgIpc) is 3.05. The fourth-order valence-electron chi connectivity index (χ4n) is 3.79. The minimum absolute atomic E-state index is 0.0309. The summed E-state index contributed by atoms with van der Waals surface area (Å²) in [7, 11) is 0. The smallest absolute Gasteiger partial charge is 0.133 e. The van der Waals surface area contributed by atoms with Gasteiger partial charge in [0.25, 0.3) is 0 Å². The molecule has 0 N–H and O–H groups in total. The van der Waals surface area contributed by atoms with Gasteiger partial charge in [-0.25, -0.2) is 4.68 Å². The van der Waals surface area contributed by atoms with Crippen molar-refractivity contribution in [2.45, 2.75) is 153 Å². The zero-order chi connectivity index (χ0) is 27.5. The van der Waals surface area contributed by atoms with Crippen molar-refractivity contribution in [3.05, 3.63) is 11.9 Å². The predicted octanol–water partition coefficient (Wildman–Crippen LogP) is 8.35. The highest BCUT2D eigenvalue weighted by Gasteiger charge is 2.19. The van der Waals surface area contributed by atoms with Crippen LogP contribution < -0.4 is 0 Å². The lowest BCUT2D eigenvalue weighted by atomic mass is 9.88. The molecule has 204 valence electrons. The Labute approximate surface area is 217 Å². The number of hydrogen-bond acceptors (Lipinski definition) is 4. The molecule has 1 heterocycles. The largest absolute Gasteiger partial charge is 0.300 e. The second-order valence-corrected chi connectivity index (χ2v) is 14.9. The van der Waals surface area contributed by atoms with E-state index in [1.54, 1.807) is 0 Å². The van der Waals surface area contributed by atoms with E-state index in [9.17, 15) is 9.59 Å². The maximum Gasteiger partial charge on any atom is 0.133 e. The maximum atomic E-state index is 11.7. The molecular weight excluding hydrogens is 434 g/mol. The Morgan fingerprint density at radius 3 is 1.37 bits per heavy atom. The molecule has 0 aliphatic carbocycles. The molecule has 0 bridgehead atoms. The number of aromatic nitrogens is 3. The summed E-state index contributed by atoms with van der Waals surface area (Å²) >= 11 is 0. The molecule has 0 saturated heterocycles. The summed E-state index contributed by atoms with van der Waals surface area (Å²) < 4.78 is 1.92. The molecule has 0 radical (unpaired) electrons. The third-order valence-electron chi connectivity index (χ3n) is 5.31. The number of nitrogens with zero attached hydrogens (tertiary/aromatic N) is 3. The summed E-state index contributed by atoms with van der Waals surface area (Å²) in [6, 6.07) is 0. The Hall–Kier alpha value is -1.52. The van der Waals surface area contributed by atoms with E-state index < -0.39 is 0 Å². The lowest BCUT2D eigenvalue weighted by Crippen LogP contribution is -2.22. The normalized spacial score (nSPS) is 12.8. The number of Topliss-reactive ketones (excluding diaryl/α,β-unsaturated/α-hetero) is 2. The molecule has 0 spiro atoms. The van der Waals surface area contributed by atoms with Gasteiger partial charge in [0.1, 0.15) is 11.6 Å². The first kappa shape index (κ1) is 33.5. The monoisotopic (exact) mass is 491 g/mol. The van der Waals surface area contributed by atoms with E-state index in [1.165, 1.54) is 0 Å². The highest BCUT2D eigenvalue weighted by molar-refractivity contribution is 5.79. The fourth-order valence-corrected chi connectivity index (χ4v) is 3.79. The van der Waals surface area contributed by atoms with Crippen LogP contribution in [0.5, 0.6) is 0 Å². The van der Waals surface area contributed by atoms with Crippen LogP contribution in [0.3, 0.4) is 0 Å². The number of hydrogen-bond donors (Lipinski definition) is 0. The first-order valence-electron chi connectivity index (χ1n) is 13.6. The Kier molecular flexibility index (Phi) is 13.7. The van der Waals surface area contributed by atoms with Gasteiger partial charge in [0.15, 0.2) is 0 Å². The quantitative estimate of drug-likeness (QED) is 0.292. The van der Waals surface area contributed by atoms with E-state index >= 15 is 0 Å². The van der Waals surface area contributed by atoms with Crippen molar-refractivity contribution < 1.29 is 9.59 Å². The third-order valence-corrected chi connectivity index (χ3v) is 5.31. The van der Waals surface area contributed by atoms with Crippen LogP contribution in [0.1, 0.15) is 147 Å². The van der Waals surface area contributed by atoms with Crippen LogP contribution in [0, 0.1) is 16.2 Å². The van der Waals surface area contributed by atoms with Crippen molar-refractivity contribution in [3.63, 3.8) is 0 Å². The summed E-state index contributed by atoms with van der Waals surface area (Å²) in [5, 5.41) is 8.32. The zero-order valence-corrected chi connectivity index (χ0v) is 25.3. The molecule has 0 atom stereocenters. The van der Waals surface area contributed by atoms with E-state index in [2.05, 4.69) is 93.4 Å². The van der Waals surface area contributed by atoms with E-state index in [1.807, 2.05) is 10.9 Å². The fraction of sp³-hybridized carbons (Fsp3) is 0.867. The van der Waals surface area contributed by atoms with Crippen LogP contribution in [0.4, 0.5) is 0 Å². The second-order valence-electron chi connectivity index (χ2n) is 14.9. The van der Waals surface area contributed by atoms with Gasteiger partial charge in [0, 0.05) is 31.9 Å². The van der Waals surface area contributed by atoms with Crippen LogP contribution in [0.2, 0.25) is 0 Å². The lowest BCUT2D eigenvalue weighted by molar-refractivity contribution is -0.121. The first-order chi connectivity index (χ1) is 15.7. The highest BCUT2D eigenvalue weighted by atomic mass is 16.1. The molecule has 0 aliphatic rings. The maximum absolute atomic E-state index is 11.7. The predicted molar refractivity (Wildman–Crippen MR) is 149 cm³/mol. The number of carbonyl (C=O) groups excluding carboxylic acids is 2. The van der Waals surface area contributed by atoms with E-state index in [0.29, 0.717) is 24.4 Å². The molecule has 5 heteroatoms. The Morgan fingerprint density at radius 2 is 1.06 bits per heavy atom. The van der Waals surface area contributed by atoms with Crippen LogP contribution in [0.25, 0.3) is 0 Å². The standard InChI is InChI=1S/C19H36O2.C11H21N3/c1-18(2,3)14-16(20)12-10-8-7-9-11-13-17(21)15-19(4,5)6;1-10(2,3)7-9-8-14(13-12-9)11(4,5)6/h7-15H2,1-6H3;8H,7H2,1-6H3. The van der Waals surface area contributed by atoms with Crippen molar-refractivity contribution in [2.75, 3.05) is 0 Å². The van der Waals surface area contributed by atoms with Gasteiger partial charge in [-0.05, 0) is 56.3 Å². The second kappa shape index (κ2) is 14.3. The van der Waals surface area contributed by atoms with E-state index in [4.69, 9.17) is 0 Å². The Balaban J connectivity index is 0.000000712. The minimum atomic E-state index is 0.0309. The molecular formula is C30H57N3O2. The van der Waals surface area contributed by atoms with Gasteiger partial charge in [0.05, 0.1) is 11.2 Å². The summed E-state index contributed by atoms with van der Waals surface area (Å²) in [6.07, 6.45) is 11.2. The van der Waals surface area contributed by atoms with Crippen LogP contribution in [-0.2, 0) is 21.5 Å².